The van der Waals surface area contributed by atoms with Crippen molar-refractivity contribution in [3.8, 4) is 0 Å². The van der Waals surface area contributed by atoms with Crippen molar-refractivity contribution in [3.05, 3.63) is 44.9 Å². The number of aryl methyl sites for hydroxylation is 1. The largest absolute Gasteiger partial charge is 0.356 e. The number of amides is 2. The average molecular weight is 367 g/mol. The topological polar surface area (TPSA) is 107 Å². The van der Waals surface area contributed by atoms with Gasteiger partial charge in [-0.1, -0.05) is 0 Å². The van der Waals surface area contributed by atoms with Gasteiger partial charge in [-0.15, -0.1) is 0 Å². The summed E-state index contributed by atoms with van der Waals surface area (Å²) in [5, 5.41) is 0. The molecule has 0 radical (unpaired) electrons. The molecule has 2 aromatic rings. The van der Waals surface area contributed by atoms with Crippen LogP contribution in [0.25, 0.3) is 0 Å². The molecule has 0 aliphatic heterocycles. The molecule has 7 nitrogen and oxygen atoms in total. The molecule has 0 fully saturated rings. The van der Waals surface area contributed by atoms with Gasteiger partial charge in [-0.2, -0.15) is 0 Å². The summed E-state index contributed by atoms with van der Waals surface area (Å²) in [6.45, 7) is 4.84. The fraction of sp³-hybridized carbons (Fsp3) is 0.214. The molecule has 0 aliphatic carbocycles. The quantitative estimate of drug-likeness (QED) is 0.492. The van der Waals surface area contributed by atoms with Gasteiger partial charge in [0.05, 0.1) is 0 Å². The fourth-order valence-electron chi connectivity index (χ4n) is 2.25. The highest BCUT2D eigenvalue weighted by Crippen LogP contribution is 2.18. The minimum absolute atomic E-state index is 0.120. The molecule has 8 heteroatoms. The van der Waals surface area contributed by atoms with E-state index in [2.05, 4.69) is 36.7 Å². The van der Waals surface area contributed by atoms with E-state index in [9.17, 15) is 14.4 Å². The van der Waals surface area contributed by atoms with Crippen molar-refractivity contribution in [2.75, 3.05) is 0 Å². The van der Waals surface area contributed by atoms with Crippen LogP contribution in [-0.2, 0) is 0 Å². The van der Waals surface area contributed by atoms with Gasteiger partial charge < -0.3 is 9.97 Å². The van der Waals surface area contributed by atoms with Crippen LogP contribution in [0.3, 0.4) is 0 Å². The van der Waals surface area contributed by atoms with E-state index >= 15 is 0 Å². The molecule has 0 aromatic carbocycles. The van der Waals surface area contributed by atoms with Crippen LogP contribution >= 0.6 is 15.9 Å². The molecule has 2 aromatic heterocycles. The predicted octanol–water partition coefficient (Wildman–Crippen LogP) is 2.00. The molecular formula is C14H15BrN4O3. The summed E-state index contributed by atoms with van der Waals surface area (Å²) in [5.74, 6) is -1.12. The maximum Gasteiger partial charge on any atom is 0.286 e. The Morgan fingerprint density at radius 1 is 1.14 bits per heavy atom. The number of aromatic amines is 2. The third-order valence-electron chi connectivity index (χ3n) is 3.20. The highest BCUT2D eigenvalue weighted by molar-refractivity contribution is 9.10. The third-order valence-corrected chi connectivity index (χ3v) is 3.66. The molecule has 0 saturated carbocycles. The number of nitrogens with one attached hydrogen (secondary N) is 4. The van der Waals surface area contributed by atoms with Crippen LogP contribution in [0.2, 0.25) is 0 Å². The van der Waals surface area contributed by atoms with Gasteiger partial charge >= 0.3 is 0 Å². The lowest BCUT2D eigenvalue weighted by Crippen LogP contribution is -2.42. The van der Waals surface area contributed by atoms with Gasteiger partial charge in [-0.3, -0.25) is 25.2 Å². The van der Waals surface area contributed by atoms with Gasteiger partial charge in [0.1, 0.15) is 11.4 Å². The summed E-state index contributed by atoms with van der Waals surface area (Å²) in [7, 11) is 0. The second-order valence-corrected chi connectivity index (χ2v) is 5.74. The molecule has 2 rings (SSSR count). The number of Topliss-reactive ketones (excluding diaryl/α,β-unsaturated/α-hetero) is 1. The number of carbonyl (C=O) groups excluding carboxylic acids is 3. The number of hydrogen-bond donors (Lipinski definition) is 4. The first kappa shape index (κ1) is 16.0. The van der Waals surface area contributed by atoms with E-state index < -0.39 is 11.8 Å². The molecule has 0 saturated heterocycles. The first-order valence-corrected chi connectivity index (χ1v) is 7.25. The Kier molecular flexibility index (Phi) is 4.51. The second-order valence-electron chi connectivity index (χ2n) is 4.82. The standard InChI is InChI=1S/C14H15BrN4O3/c1-6-11(8(3)20)7(2)17-12(6)14(22)19-18-13(21)10-4-9(15)5-16-10/h4-5,16-17H,1-3H3,(H,18,21)(H,19,22). The van der Waals surface area contributed by atoms with Gasteiger partial charge in [-0.25, -0.2) is 0 Å². The lowest BCUT2D eigenvalue weighted by atomic mass is 10.1. The highest BCUT2D eigenvalue weighted by Gasteiger charge is 2.20. The van der Waals surface area contributed by atoms with Crippen molar-refractivity contribution in [1.82, 2.24) is 20.8 Å². The predicted molar refractivity (Wildman–Crippen MR) is 83.7 cm³/mol. The maximum absolute atomic E-state index is 12.1. The van der Waals surface area contributed by atoms with Crippen molar-refractivity contribution < 1.29 is 14.4 Å². The van der Waals surface area contributed by atoms with E-state index in [4.69, 9.17) is 0 Å². The van der Waals surface area contributed by atoms with Crippen LogP contribution in [0.15, 0.2) is 16.7 Å². The molecule has 0 atom stereocenters. The molecule has 2 heterocycles. The Labute approximate surface area is 135 Å². The van der Waals surface area contributed by atoms with Gasteiger partial charge in [0.15, 0.2) is 5.78 Å². The number of halogens is 1. The second kappa shape index (κ2) is 6.18. The summed E-state index contributed by atoms with van der Waals surface area (Å²) in [6, 6.07) is 1.58. The van der Waals surface area contributed by atoms with Crippen LogP contribution < -0.4 is 10.9 Å². The SMILES string of the molecule is CC(=O)c1c(C)[nH]c(C(=O)NNC(=O)c2cc(Br)c[nH]2)c1C. The van der Waals surface area contributed by atoms with Gasteiger partial charge in [0, 0.05) is 21.9 Å². The molecule has 116 valence electrons. The molecule has 0 spiro atoms. The normalized spacial score (nSPS) is 10.4. The average Bonchev–Trinajstić information content (AvgIpc) is 2.99. The van der Waals surface area contributed by atoms with Crippen LogP contribution in [0, 0.1) is 13.8 Å². The van der Waals surface area contributed by atoms with E-state index in [1.165, 1.54) is 6.92 Å². The zero-order valence-corrected chi connectivity index (χ0v) is 13.8. The maximum atomic E-state index is 12.1. The van der Waals surface area contributed by atoms with Gasteiger partial charge in [0.2, 0.25) is 0 Å². The third kappa shape index (κ3) is 3.11. The minimum atomic E-state index is -0.521. The number of carbonyl (C=O) groups is 3. The summed E-state index contributed by atoms with van der Waals surface area (Å²) >= 11 is 3.22. The monoisotopic (exact) mass is 366 g/mol. The minimum Gasteiger partial charge on any atom is -0.356 e. The Hall–Kier alpha value is -2.35. The summed E-state index contributed by atoms with van der Waals surface area (Å²) in [6.07, 6.45) is 1.61. The number of H-pyrrole nitrogens is 2. The van der Waals surface area contributed by atoms with Crippen molar-refractivity contribution in [3.63, 3.8) is 0 Å². The lowest BCUT2D eigenvalue weighted by Gasteiger charge is -2.06. The lowest BCUT2D eigenvalue weighted by molar-refractivity contribution is 0.0841. The first-order valence-electron chi connectivity index (χ1n) is 6.46. The van der Waals surface area contributed by atoms with Crippen LogP contribution in [0.5, 0.6) is 0 Å². The van der Waals surface area contributed by atoms with Crippen molar-refractivity contribution in [1.29, 1.82) is 0 Å². The van der Waals surface area contributed by atoms with E-state index in [0.29, 0.717) is 22.5 Å². The smallest absolute Gasteiger partial charge is 0.286 e. The molecule has 4 N–H and O–H groups in total. The number of hydrazine groups is 1. The Balaban J connectivity index is 2.09. The fourth-order valence-corrected chi connectivity index (χ4v) is 2.59. The van der Waals surface area contributed by atoms with E-state index in [-0.39, 0.29) is 11.5 Å². The highest BCUT2D eigenvalue weighted by atomic mass is 79.9. The number of ketones is 1. The Morgan fingerprint density at radius 2 is 1.77 bits per heavy atom. The van der Waals surface area contributed by atoms with Crippen molar-refractivity contribution in [2.24, 2.45) is 0 Å². The molecule has 22 heavy (non-hydrogen) atoms. The molecule has 0 bridgehead atoms. The number of aromatic nitrogens is 2. The van der Waals surface area contributed by atoms with E-state index in [1.54, 1.807) is 26.1 Å². The van der Waals surface area contributed by atoms with Gasteiger partial charge in [0.25, 0.3) is 11.8 Å². The number of rotatable bonds is 3. The first-order chi connectivity index (χ1) is 10.3. The summed E-state index contributed by atoms with van der Waals surface area (Å²) in [5.41, 5.74) is 6.82. The molecular weight excluding hydrogens is 352 g/mol. The van der Waals surface area contributed by atoms with E-state index in [0.717, 1.165) is 4.47 Å². The number of hydrogen-bond acceptors (Lipinski definition) is 3. The Bertz CT molecular complexity index is 760. The molecule has 0 aliphatic rings. The van der Waals surface area contributed by atoms with Gasteiger partial charge in [-0.05, 0) is 48.3 Å². The van der Waals surface area contributed by atoms with Crippen molar-refractivity contribution in [2.45, 2.75) is 20.8 Å². The zero-order chi connectivity index (χ0) is 16.4. The molecule has 2 amide bonds. The Morgan fingerprint density at radius 3 is 2.27 bits per heavy atom. The summed E-state index contributed by atoms with van der Waals surface area (Å²) in [4.78, 5) is 41.1. The zero-order valence-electron chi connectivity index (χ0n) is 12.3. The van der Waals surface area contributed by atoms with Crippen LogP contribution in [-0.4, -0.2) is 27.6 Å². The summed E-state index contributed by atoms with van der Waals surface area (Å²) < 4.78 is 0.728. The molecule has 0 unspecified atom stereocenters. The van der Waals surface area contributed by atoms with E-state index in [1.807, 2.05) is 0 Å². The van der Waals surface area contributed by atoms with Crippen LogP contribution in [0.4, 0.5) is 0 Å². The van der Waals surface area contributed by atoms with Crippen molar-refractivity contribution >= 4 is 33.5 Å². The van der Waals surface area contributed by atoms with Crippen LogP contribution in [0.1, 0.15) is 49.5 Å².